The highest BCUT2D eigenvalue weighted by Gasteiger charge is 2.41. The second kappa shape index (κ2) is 8.02. The Labute approximate surface area is 170 Å². The monoisotopic (exact) mass is 423 g/mol. The predicted molar refractivity (Wildman–Crippen MR) is 104 cm³/mol. The zero-order chi connectivity index (χ0) is 20.6. The largest absolute Gasteiger partial charge is 0.340 e. The third kappa shape index (κ3) is 4.02. The first-order chi connectivity index (χ1) is 13.9. The molecule has 3 fully saturated rings. The zero-order valence-electron chi connectivity index (χ0n) is 16.3. The number of nitrogens with zero attached hydrogens (tertiary/aromatic N) is 3. The summed E-state index contributed by atoms with van der Waals surface area (Å²) in [5.41, 5.74) is 0. The quantitative estimate of drug-likeness (QED) is 0.734. The van der Waals surface area contributed by atoms with Gasteiger partial charge >= 0.3 is 0 Å². The maximum atomic E-state index is 13.1. The number of piperazine rings is 1. The average molecular weight is 424 g/mol. The molecular weight excluding hydrogens is 397 g/mol. The summed E-state index contributed by atoms with van der Waals surface area (Å²) in [6.07, 6.45) is 4.57. The van der Waals surface area contributed by atoms with Gasteiger partial charge in [0.25, 0.3) is 0 Å². The Morgan fingerprint density at radius 3 is 2.24 bits per heavy atom. The van der Waals surface area contributed by atoms with E-state index >= 15 is 0 Å². The fourth-order valence-corrected chi connectivity index (χ4v) is 6.05. The highest BCUT2D eigenvalue weighted by Crippen LogP contribution is 2.30. The van der Waals surface area contributed by atoms with Gasteiger partial charge in [-0.3, -0.25) is 9.59 Å². The van der Waals surface area contributed by atoms with Crippen LogP contribution in [0.1, 0.15) is 32.1 Å². The summed E-state index contributed by atoms with van der Waals surface area (Å²) < 4.78 is 39.8. The Kier molecular flexibility index (Phi) is 5.61. The molecule has 2 aliphatic heterocycles. The molecule has 2 amide bonds. The van der Waals surface area contributed by atoms with Crippen molar-refractivity contribution in [3.05, 3.63) is 30.1 Å². The molecule has 7 nitrogen and oxygen atoms in total. The third-order valence-electron chi connectivity index (χ3n) is 6.27. The summed E-state index contributed by atoms with van der Waals surface area (Å²) in [6, 6.07) is 5.03. The van der Waals surface area contributed by atoms with Crippen molar-refractivity contribution in [1.82, 2.24) is 14.1 Å². The van der Waals surface area contributed by atoms with Crippen molar-refractivity contribution in [1.29, 1.82) is 0 Å². The Morgan fingerprint density at radius 1 is 1.00 bits per heavy atom. The van der Waals surface area contributed by atoms with Gasteiger partial charge < -0.3 is 9.80 Å². The molecule has 0 bridgehead atoms. The van der Waals surface area contributed by atoms with E-state index in [9.17, 15) is 22.4 Å². The van der Waals surface area contributed by atoms with Crippen LogP contribution in [0.3, 0.4) is 0 Å². The molecule has 2 saturated heterocycles. The predicted octanol–water partition coefficient (Wildman–Crippen LogP) is 1.45. The van der Waals surface area contributed by atoms with Crippen LogP contribution in [0.5, 0.6) is 0 Å². The number of amides is 2. The van der Waals surface area contributed by atoms with Gasteiger partial charge in [0.15, 0.2) is 0 Å². The minimum absolute atomic E-state index is 0.0484. The molecule has 1 unspecified atom stereocenters. The van der Waals surface area contributed by atoms with Gasteiger partial charge in [0.1, 0.15) is 5.82 Å². The van der Waals surface area contributed by atoms with Crippen molar-refractivity contribution in [2.75, 3.05) is 32.7 Å². The average Bonchev–Trinajstić information content (AvgIpc) is 3.37. The van der Waals surface area contributed by atoms with Crippen LogP contribution < -0.4 is 0 Å². The van der Waals surface area contributed by atoms with Crippen LogP contribution in [-0.4, -0.2) is 73.1 Å². The minimum Gasteiger partial charge on any atom is -0.340 e. The molecule has 9 heteroatoms. The summed E-state index contributed by atoms with van der Waals surface area (Å²) >= 11 is 0. The Morgan fingerprint density at radius 2 is 1.62 bits per heavy atom. The lowest BCUT2D eigenvalue weighted by Crippen LogP contribution is -2.52. The number of halogens is 1. The number of hydrogen-bond donors (Lipinski definition) is 0. The van der Waals surface area contributed by atoms with Gasteiger partial charge in [0.2, 0.25) is 21.8 Å². The minimum atomic E-state index is -3.71. The zero-order valence-corrected chi connectivity index (χ0v) is 17.1. The van der Waals surface area contributed by atoms with E-state index in [2.05, 4.69) is 0 Å². The molecule has 0 aromatic heterocycles. The van der Waals surface area contributed by atoms with Gasteiger partial charge in [-0.05, 0) is 37.1 Å². The molecule has 1 aliphatic carbocycles. The summed E-state index contributed by atoms with van der Waals surface area (Å²) in [5.74, 6) is -0.814. The highest BCUT2D eigenvalue weighted by atomic mass is 32.2. The standard InChI is InChI=1S/C20H26FN3O4S/c21-16-5-7-18(8-6-16)29(27,28)23-11-9-22(10-12-23)20(26)15-13-19(25)24(14-15)17-3-1-2-4-17/h5-8,15,17H,1-4,9-14H2. The van der Waals surface area contributed by atoms with Crippen molar-refractivity contribution in [2.45, 2.75) is 43.0 Å². The Hall–Kier alpha value is -2.00. The smallest absolute Gasteiger partial charge is 0.243 e. The first kappa shape index (κ1) is 20.3. The summed E-state index contributed by atoms with van der Waals surface area (Å²) in [6.45, 7) is 1.47. The van der Waals surface area contributed by atoms with Gasteiger partial charge in [-0.25, -0.2) is 12.8 Å². The maximum Gasteiger partial charge on any atom is 0.243 e. The van der Waals surface area contributed by atoms with E-state index in [4.69, 9.17) is 0 Å². The fraction of sp³-hybridized carbons (Fsp3) is 0.600. The van der Waals surface area contributed by atoms with Crippen LogP contribution in [-0.2, 0) is 19.6 Å². The lowest BCUT2D eigenvalue weighted by molar-refractivity contribution is -0.137. The fourth-order valence-electron chi connectivity index (χ4n) is 4.63. The van der Waals surface area contributed by atoms with Gasteiger partial charge in [0, 0.05) is 45.2 Å². The first-order valence-electron chi connectivity index (χ1n) is 10.2. The molecule has 1 aromatic carbocycles. The van der Waals surface area contributed by atoms with E-state index in [1.165, 1.54) is 16.4 Å². The molecule has 0 radical (unpaired) electrons. The SMILES string of the molecule is O=C(C1CC(=O)N(C2CCCC2)C1)N1CCN(S(=O)(=O)c2ccc(F)cc2)CC1. The van der Waals surface area contributed by atoms with Gasteiger partial charge in [-0.15, -0.1) is 0 Å². The second-order valence-electron chi connectivity index (χ2n) is 8.07. The van der Waals surface area contributed by atoms with Crippen LogP contribution in [0.2, 0.25) is 0 Å². The Balaban J connectivity index is 1.35. The number of rotatable bonds is 4. The molecule has 1 atom stereocenters. The Bertz CT molecular complexity index is 875. The summed E-state index contributed by atoms with van der Waals surface area (Å²) in [5, 5.41) is 0. The van der Waals surface area contributed by atoms with Crippen molar-refractivity contribution in [3.8, 4) is 0 Å². The van der Waals surface area contributed by atoms with Crippen molar-refractivity contribution in [3.63, 3.8) is 0 Å². The van der Waals surface area contributed by atoms with Gasteiger partial charge in [-0.1, -0.05) is 12.8 Å². The summed E-state index contributed by atoms with van der Waals surface area (Å²) in [7, 11) is -3.71. The van der Waals surface area contributed by atoms with E-state index < -0.39 is 15.8 Å². The molecule has 0 spiro atoms. The van der Waals surface area contributed by atoms with Crippen LogP contribution in [0.25, 0.3) is 0 Å². The topological polar surface area (TPSA) is 78.0 Å². The highest BCUT2D eigenvalue weighted by molar-refractivity contribution is 7.89. The molecule has 4 rings (SSSR count). The molecule has 1 saturated carbocycles. The van der Waals surface area contributed by atoms with Gasteiger partial charge in [0.05, 0.1) is 10.8 Å². The van der Waals surface area contributed by atoms with Crippen LogP contribution in [0.15, 0.2) is 29.2 Å². The third-order valence-corrected chi connectivity index (χ3v) is 8.19. The van der Waals surface area contributed by atoms with Crippen molar-refractivity contribution < 1.29 is 22.4 Å². The lowest BCUT2D eigenvalue weighted by Gasteiger charge is -2.35. The van der Waals surface area contributed by atoms with Crippen molar-refractivity contribution in [2.24, 2.45) is 5.92 Å². The number of benzene rings is 1. The second-order valence-corrected chi connectivity index (χ2v) is 10.0. The molecule has 158 valence electrons. The van der Waals surface area contributed by atoms with Crippen LogP contribution in [0, 0.1) is 11.7 Å². The molecular formula is C20H26FN3O4S. The van der Waals surface area contributed by atoms with E-state index in [0.717, 1.165) is 37.8 Å². The van der Waals surface area contributed by atoms with Crippen LogP contribution >= 0.6 is 0 Å². The number of carbonyl (C=O) groups excluding carboxylic acids is 2. The van der Waals surface area contributed by atoms with Gasteiger partial charge in [-0.2, -0.15) is 4.31 Å². The van der Waals surface area contributed by atoms with E-state index in [1.807, 2.05) is 4.90 Å². The lowest BCUT2D eigenvalue weighted by atomic mass is 10.1. The van der Waals surface area contributed by atoms with Crippen LogP contribution in [0.4, 0.5) is 4.39 Å². The summed E-state index contributed by atoms with van der Waals surface area (Å²) in [4.78, 5) is 28.9. The van der Waals surface area contributed by atoms with E-state index in [0.29, 0.717) is 19.6 Å². The molecule has 29 heavy (non-hydrogen) atoms. The van der Waals surface area contributed by atoms with E-state index in [-0.39, 0.29) is 48.2 Å². The first-order valence-corrected chi connectivity index (χ1v) is 11.6. The number of carbonyl (C=O) groups is 2. The van der Waals surface area contributed by atoms with Crippen molar-refractivity contribution >= 4 is 21.8 Å². The molecule has 0 N–H and O–H groups in total. The van der Waals surface area contributed by atoms with E-state index in [1.54, 1.807) is 4.90 Å². The number of hydrogen-bond acceptors (Lipinski definition) is 4. The molecule has 3 aliphatic rings. The maximum absolute atomic E-state index is 13.1. The molecule has 1 aromatic rings. The number of likely N-dealkylation sites (tertiary alicyclic amines) is 1. The molecule has 2 heterocycles. The number of sulfonamides is 1. The normalized spacial score (nSPS) is 24.4.